The molecule has 5 nitrogen and oxygen atoms in total. The Morgan fingerprint density at radius 3 is 2.38 bits per heavy atom. The summed E-state index contributed by atoms with van der Waals surface area (Å²) in [4.78, 5) is 27.3. The summed E-state index contributed by atoms with van der Waals surface area (Å²) >= 11 is 2.25. The minimum absolute atomic E-state index is 0.0760. The molecule has 1 aliphatic heterocycles. The molecule has 21 heavy (non-hydrogen) atoms. The smallest absolute Gasteiger partial charge is 0.244 e. The van der Waals surface area contributed by atoms with E-state index < -0.39 is 0 Å². The van der Waals surface area contributed by atoms with Crippen LogP contribution in [-0.2, 0) is 9.59 Å². The topological polar surface area (TPSA) is 52.7 Å². The minimum Gasteiger partial charge on any atom is -0.374 e. The molecule has 1 fully saturated rings. The first kappa shape index (κ1) is 16.1. The molecule has 1 heterocycles. The average molecular weight is 401 g/mol. The molecular formula is C15H20IN3O2. The Kier molecular flexibility index (Phi) is 5.44. The third kappa shape index (κ3) is 4.33. The first-order valence-electron chi connectivity index (χ1n) is 7.04. The lowest BCUT2D eigenvalue weighted by Gasteiger charge is -2.35. The van der Waals surface area contributed by atoms with Crippen molar-refractivity contribution in [2.24, 2.45) is 0 Å². The van der Waals surface area contributed by atoms with Crippen LogP contribution in [0.2, 0.25) is 0 Å². The normalized spacial score (nSPS) is 16.5. The van der Waals surface area contributed by atoms with Crippen molar-refractivity contribution in [3.05, 3.63) is 27.8 Å². The van der Waals surface area contributed by atoms with Crippen molar-refractivity contribution in [2.75, 3.05) is 31.5 Å². The molecule has 0 aromatic heterocycles. The number of nitrogens with one attached hydrogen (secondary N) is 1. The van der Waals surface area contributed by atoms with E-state index in [9.17, 15) is 9.59 Å². The first-order valence-corrected chi connectivity index (χ1v) is 8.11. The fourth-order valence-electron chi connectivity index (χ4n) is 2.41. The van der Waals surface area contributed by atoms with Gasteiger partial charge in [0.05, 0.1) is 0 Å². The van der Waals surface area contributed by atoms with Crippen LogP contribution in [0.1, 0.15) is 13.8 Å². The molecule has 0 aliphatic carbocycles. The van der Waals surface area contributed by atoms with Gasteiger partial charge in [0.25, 0.3) is 0 Å². The number of piperazine rings is 1. The van der Waals surface area contributed by atoms with Gasteiger partial charge < -0.3 is 15.1 Å². The molecule has 1 aromatic rings. The van der Waals surface area contributed by atoms with Gasteiger partial charge in [-0.25, -0.2) is 0 Å². The number of rotatable bonds is 3. The lowest BCUT2D eigenvalue weighted by molar-refractivity contribution is -0.138. The fourth-order valence-corrected chi connectivity index (χ4v) is 2.95. The zero-order valence-electron chi connectivity index (χ0n) is 12.3. The summed E-state index contributed by atoms with van der Waals surface area (Å²) in [7, 11) is 0. The van der Waals surface area contributed by atoms with Crippen LogP contribution in [0.4, 0.5) is 5.69 Å². The maximum atomic E-state index is 12.4. The van der Waals surface area contributed by atoms with Crippen LogP contribution in [0.15, 0.2) is 24.3 Å². The number of nitrogens with zero attached hydrogens (tertiary/aromatic N) is 2. The zero-order valence-corrected chi connectivity index (χ0v) is 14.5. The van der Waals surface area contributed by atoms with E-state index in [1.807, 2.05) is 36.1 Å². The van der Waals surface area contributed by atoms with Crippen LogP contribution in [0.25, 0.3) is 0 Å². The Bertz CT molecular complexity index is 527. The molecular weight excluding hydrogens is 381 g/mol. The number of halogens is 1. The highest BCUT2D eigenvalue weighted by Gasteiger charge is 2.25. The summed E-state index contributed by atoms with van der Waals surface area (Å²) in [5.74, 6) is 0.157. The Balaban J connectivity index is 1.90. The molecule has 0 saturated carbocycles. The van der Waals surface area contributed by atoms with Gasteiger partial charge in [0, 0.05) is 42.4 Å². The molecule has 114 valence electrons. The summed E-state index contributed by atoms with van der Waals surface area (Å²) in [6.07, 6.45) is 0. The summed E-state index contributed by atoms with van der Waals surface area (Å²) in [5.41, 5.74) is 0.949. The SMILES string of the molecule is CC(=O)N1CCN(C(=O)C(C)Nc2cccc(I)c2)CC1. The number of hydrogen-bond acceptors (Lipinski definition) is 3. The van der Waals surface area contributed by atoms with Gasteiger partial charge in [-0.05, 0) is 47.7 Å². The van der Waals surface area contributed by atoms with E-state index in [2.05, 4.69) is 27.9 Å². The molecule has 0 bridgehead atoms. The lowest BCUT2D eigenvalue weighted by Crippen LogP contribution is -2.53. The van der Waals surface area contributed by atoms with E-state index in [1.165, 1.54) is 0 Å². The van der Waals surface area contributed by atoms with Gasteiger partial charge in [-0.15, -0.1) is 0 Å². The number of benzene rings is 1. The molecule has 2 rings (SSSR count). The van der Waals surface area contributed by atoms with E-state index in [0.717, 1.165) is 9.26 Å². The molecule has 1 saturated heterocycles. The lowest BCUT2D eigenvalue weighted by atomic mass is 10.2. The van der Waals surface area contributed by atoms with Crippen molar-refractivity contribution in [2.45, 2.75) is 19.9 Å². The Morgan fingerprint density at radius 1 is 1.19 bits per heavy atom. The van der Waals surface area contributed by atoms with Crippen molar-refractivity contribution in [3.8, 4) is 0 Å². The largest absolute Gasteiger partial charge is 0.374 e. The van der Waals surface area contributed by atoms with Gasteiger partial charge in [0.1, 0.15) is 6.04 Å². The quantitative estimate of drug-likeness (QED) is 0.786. The maximum absolute atomic E-state index is 12.4. The van der Waals surface area contributed by atoms with Crippen LogP contribution in [0.5, 0.6) is 0 Å². The number of hydrogen-bond donors (Lipinski definition) is 1. The van der Waals surface area contributed by atoms with Gasteiger partial charge in [-0.1, -0.05) is 6.07 Å². The van der Waals surface area contributed by atoms with Crippen molar-refractivity contribution in [3.63, 3.8) is 0 Å². The second-order valence-corrected chi connectivity index (χ2v) is 6.45. The molecule has 1 atom stereocenters. The van der Waals surface area contributed by atoms with Crippen LogP contribution >= 0.6 is 22.6 Å². The number of carbonyl (C=O) groups is 2. The Hall–Kier alpha value is -1.31. The highest BCUT2D eigenvalue weighted by Crippen LogP contribution is 2.14. The average Bonchev–Trinajstić information content (AvgIpc) is 2.46. The Labute approximate surface area is 138 Å². The molecule has 0 radical (unpaired) electrons. The van der Waals surface area contributed by atoms with E-state index in [4.69, 9.17) is 0 Å². The molecule has 2 amide bonds. The fraction of sp³-hybridized carbons (Fsp3) is 0.467. The highest BCUT2D eigenvalue weighted by molar-refractivity contribution is 14.1. The number of carbonyl (C=O) groups excluding carboxylic acids is 2. The third-order valence-corrected chi connectivity index (χ3v) is 4.29. The Morgan fingerprint density at radius 2 is 1.81 bits per heavy atom. The standard InChI is InChI=1S/C15H20IN3O2/c1-11(17-14-5-3-4-13(16)10-14)15(21)19-8-6-18(7-9-19)12(2)20/h3-5,10-11,17H,6-9H2,1-2H3. The van der Waals surface area contributed by atoms with Gasteiger partial charge >= 0.3 is 0 Å². The van der Waals surface area contributed by atoms with Crippen molar-refractivity contribution in [1.82, 2.24) is 9.80 Å². The monoisotopic (exact) mass is 401 g/mol. The van der Waals surface area contributed by atoms with Crippen LogP contribution in [0.3, 0.4) is 0 Å². The molecule has 1 unspecified atom stereocenters. The van der Waals surface area contributed by atoms with E-state index >= 15 is 0 Å². The predicted octanol–water partition coefficient (Wildman–Crippen LogP) is 1.78. The third-order valence-electron chi connectivity index (χ3n) is 3.61. The van der Waals surface area contributed by atoms with Crippen LogP contribution in [0, 0.1) is 3.57 Å². The maximum Gasteiger partial charge on any atom is 0.244 e. The van der Waals surface area contributed by atoms with E-state index in [0.29, 0.717) is 26.2 Å². The van der Waals surface area contributed by atoms with E-state index in [-0.39, 0.29) is 17.9 Å². The number of anilines is 1. The highest BCUT2D eigenvalue weighted by atomic mass is 127. The van der Waals surface area contributed by atoms with Crippen molar-refractivity contribution < 1.29 is 9.59 Å². The second-order valence-electron chi connectivity index (χ2n) is 5.21. The first-order chi connectivity index (χ1) is 9.97. The van der Waals surface area contributed by atoms with Gasteiger partial charge in [-0.3, -0.25) is 9.59 Å². The molecule has 0 spiro atoms. The summed E-state index contributed by atoms with van der Waals surface area (Å²) in [6, 6.07) is 7.68. The molecule has 1 aromatic carbocycles. The van der Waals surface area contributed by atoms with Crippen molar-refractivity contribution in [1.29, 1.82) is 0 Å². The summed E-state index contributed by atoms with van der Waals surface area (Å²) < 4.78 is 1.13. The summed E-state index contributed by atoms with van der Waals surface area (Å²) in [5, 5.41) is 3.24. The number of amides is 2. The van der Waals surface area contributed by atoms with Gasteiger partial charge in [0.15, 0.2) is 0 Å². The zero-order chi connectivity index (χ0) is 15.4. The van der Waals surface area contributed by atoms with E-state index in [1.54, 1.807) is 11.8 Å². The summed E-state index contributed by atoms with van der Waals surface area (Å²) in [6.45, 7) is 5.90. The predicted molar refractivity (Wildman–Crippen MR) is 91.1 cm³/mol. The molecule has 1 aliphatic rings. The molecule has 1 N–H and O–H groups in total. The second kappa shape index (κ2) is 7.11. The van der Waals surface area contributed by atoms with Crippen LogP contribution < -0.4 is 5.32 Å². The van der Waals surface area contributed by atoms with Gasteiger partial charge in [0.2, 0.25) is 11.8 Å². The molecule has 6 heteroatoms. The van der Waals surface area contributed by atoms with Gasteiger partial charge in [-0.2, -0.15) is 0 Å². The van der Waals surface area contributed by atoms with Crippen LogP contribution in [-0.4, -0.2) is 53.8 Å². The minimum atomic E-state index is -0.271. The van der Waals surface area contributed by atoms with Crippen molar-refractivity contribution >= 4 is 40.1 Å².